The Bertz CT molecular complexity index is 729. The molecular formula is C13H15ClN2O3S2. The summed E-state index contributed by atoms with van der Waals surface area (Å²) in [5.74, 6) is 0.541. The average molecular weight is 347 g/mol. The smallest absolute Gasteiger partial charge is 0.250 e. The van der Waals surface area contributed by atoms with E-state index in [0.29, 0.717) is 22.9 Å². The summed E-state index contributed by atoms with van der Waals surface area (Å²) < 4.78 is 32.4. The lowest BCUT2D eigenvalue weighted by Gasteiger charge is -2.11. The largest absolute Gasteiger partial charge is 0.496 e. The highest BCUT2D eigenvalue weighted by atomic mass is 35.5. The van der Waals surface area contributed by atoms with Gasteiger partial charge in [-0.25, -0.2) is 13.1 Å². The molecule has 8 heteroatoms. The minimum atomic E-state index is -3.59. The second kappa shape index (κ2) is 6.76. The number of nitrogens with one attached hydrogen (secondary N) is 1. The summed E-state index contributed by atoms with van der Waals surface area (Å²) in [6, 6.07) is 6.72. The number of rotatable bonds is 6. The van der Waals surface area contributed by atoms with Gasteiger partial charge in [0.05, 0.1) is 7.11 Å². The Balaban J connectivity index is 2.19. The van der Waals surface area contributed by atoms with Gasteiger partial charge in [0, 0.05) is 23.7 Å². The van der Waals surface area contributed by atoms with Gasteiger partial charge in [-0.2, -0.15) is 0 Å². The van der Waals surface area contributed by atoms with Crippen molar-refractivity contribution in [3.05, 3.63) is 45.8 Å². The summed E-state index contributed by atoms with van der Waals surface area (Å²) >= 11 is 7.22. The maximum Gasteiger partial charge on any atom is 0.250 e. The third kappa shape index (κ3) is 3.75. The minimum Gasteiger partial charge on any atom is -0.496 e. The second-order valence-electron chi connectivity index (χ2n) is 4.22. The first-order chi connectivity index (χ1) is 9.97. The third-order valence-corrected chi connectivity index (χ3v) is 6.11. The number of sulfonamides is 1. The molecule has 1 heterocycles. The van der Waals surface area contributed by atoms with Crippen LogP contribution in [0.4, 0.5) is 0 Å². The van der Waals surface area contributed by atoms with Crippen LogP contribution in [0.5, 0.6) is 5.75 Å². The van der Waals surface area contributed by atoms with Gasteiger partial charge in [-0.1, -0.05) is 17.7 Å². The molecule has 0 saturated carbocycles. The van der Waals surface area contributed by atoms with E-state index in [1.165, 1.54) is 7.11 Å². The number of benzene rings is 1. The SMILES string of the molecule is COc1cccc(Cl)c1CNS(=O)(=O)c1cc(CN)cs1. The number of hydrogen-bond acceptors (Lipinski definition) is 5. The van der Waals surface area contributed by atoms with Gasteiger partial charge in [-0.05, 0) is 29.1 Å². The molecular weight excluding hydrogens is 332 g/mol. The first kappa shape index (κ1) is 16.3. The molecule has 0 bridgehead atoms. The predicted molar refractivity (Wildman–Crippen MR) is 84.2 cm³/mol. The van der Waals surface area contributed by atoms with Gasteiger partial charge >= 0.3 is 0 Å². The summed E-state index contributed by atoms with van der Waals surface area (Å²) in [6.45, 7) is 0.366. The highest BCUT2D eigenvalue weighted by Crippen LogP contribution is 2.27. The molecule has 0 aliphatic carbocycles. The molecule has 0 amide bonds. The molecule has 0 unspecified atom stereocenters. The van der Waals surface area contributed by atoms with Crippen molar-refractivity contribution in [3.63, 3.8) is 0 Å². The highest BCUT2D eigenvalue weighted by molar-refractivity contribution is 7.91. The Morgan fingerprint density at radius 1 is 1.43 bits per heavy atom. The molecule has 1 aromatic carbocycles. The van der Waals surface area contributed by atoms with Crippen LogP contribution in [0.25, 0.3) is 0 Å². The lowest BCUT2D eigenvalue weighted by molar-refractivity contribution is 0.409. The molecule has 0 fully saturated rings. The zero-order valence-corrected chi connectivity index (χ0v) is 13.7. The Morgan fingerprint density at radius 3 is 2.81 bits per heavy atom. The van der Waals surface area contributed by atoms with Crippen LogP contribution in [0.2, 0.25) is 5.02 Å². The summed E-state index contributed by atoms with van der Waals surface area (Å²) in [5.41, 5.74) is 6.87. The van der Waals surface area contributed by atoms with Crippen LogP contribution in [-0.2, 0) is 23.1 Å². The topological polar surface area (TPSA) is 81.4 Å². The molecule has 21 heavy (non-hydrogen) atoms. The van der Waals surface area contributed by atoms with Crippen LogP contribution >= 0.6 is 22.9 Å². The molecule has 0 radical (unpaired) electrons. The van der Waals surface area contributed by atoms with E-state index in [9.17, 15) is 8.42 Å². The molecule has 0 spiro atoms. The van der Waals surface area contributed by atoms with E-state index in [0.717, 1.165) is 16.9 Å². The van der Waals surface area contributed by atoms with Crippen LogP contribution in [0.3, 0.4) is 0 Å². The molecule has 1 aromatic heterocycles. The molecule has 2 aromatic rings. The maximum absolute atomic E-state index is 12.2. The van der Waals surface area contributed by atoms with Crippen molar-refractivity contribution in [1.29, 1.82) is 0 Å². The number of methoxy groups -OCH3 is 1. The third-order valence-electron chi connectivity index (χ3n) is 2.87. The molecule has 0 saturated heterocycles. The van der Waals surface area contributed by atoms with E-state index < -0.39 is 10.0 Å². The fourth-order valence-electron chi connectivity index (χ4n) is 1.74. The van der Waals surface area contributed by atoms with Gasteiger partial charge in [0.2, 0.25) is 10.0 Å². The van der Waals surface area contributed by atoms with E-state index in [1.807, 2.05) is 0 Å². The zero-order valence-electron chi connectivity index (χ0n) is 11.3. The fourth-order valence-corrected chi connectivity index (χ4v) is 4.24. The van der Waals surface area contributed by atoms with E-state index in [2.05, 4.69) is 4.72 Å². The maximum atomic E-state index is 12.2. The quantitative estimate of drug-likeness (QED) is 0.841. The summed E-state index contributed by atoms with van der Waals surface area (Å²) in [4.78, 5) is 0. The van der Waals surface area contributed by atoms with Crippen molar-refractivity contribution in [2.75, 3.05) is 7.11 Å². The molecule has 0 aliphatic heterocycles. The molecule has 0 aliphatic rings. The molecule has 0 atom stereocenters. The van der Waals surface area contributed by atoms with Crippen LogP contribution < -0.4 is 15.2 Å². The summed E-state index contributed by atoms with van der Waals surface area (Å²) in [6.07, 6.45) is 0. The number of ether oxygens (including phenoxy) is 1. The summed E-state index contributed by atoms with van der Waals surface area (Å²) in [7, 11) is -2.08. The lowest BCUT2D eigenvalue weighted by atomic mass is 10.2. The van der Waals surface area contributed by atoms with Crippen molar-refractivity contribution >= 4 is 33.0 Å². The van der Waals surface area contributed by atoms with E-state index in [-0.39, 0.29) is 10.8 Å². The fraction of sp³-hybridized carbons (Fsp3) is 0.231. The van der Waals surface area contributed by atoms with Crippen molar-refractivity contribution in [1.82, 2.24) is 4.72 Å². The highest BCUT2D eigenvalue weighted by Gasteiger charge is 2.18. The first-order valence-corrected chi connectivity index (χ1v) is 8.80. The second-order valence-corrected chi connectivity index (χ2v) is 7.54. The van der Waals surface area contributed by atoms with Crippen molar-refractivity contribution in [2.24, 2.45) is 5.73 Å². The number of halogens is 1. The van der Waals surface area contributed by atoms with E-state index >= 15 is 0 Å². The Labute approximate surface area is 132 Å². The van der Waals surface area contributed by atoms with Crippen molar-refractivity contribution in [3.8, 4) is 5.75 Å². The van der Waals surface area contributed by atoms with Crippen LogP contribution in [-0.4, -0.2) is 15.5 Å². The molecule has 5 nitrogen and oxygen atoms in total. The number of hydrogen-bond donors (Lipinski definition) is 2. The van der Waals surface area contributed by atoms with Crippen molar-refractivity contribution < 1.29 is 13.2 Å². The van der Waals surface area contributed by atoms with Crippen molar-refractivity contribution in [2.45, 2.75) is 17.3 Å². The van der Waals surface area contributed by atoms with Crippen LogP contribution in [0, 0.1) is 0 Å². The van der Waals surface area contributed by atoms with E-state index in [4.69, 9.17) is 22.1 Å². The average Bonchev–Trinajstić information content (AvgIpc) is 2.95. The number of nitrogens with two attached hydrogens (primary N) is 1. The van der Waals surface area contributed by atoms with Crippen LogP contribution in [0.1, 0.15) is 11.1 Å². The monoisotopic (exact) mass is 346 g/mol. The normalized spacial score (nSPS) is 11.6. The Morgan fingerprint density at radius 2 is 2.19 bits per heavy atom. The summed E-state index contributed by atoms with van der Waals surface area (Å²) in [5, 5.41) is 2.18. The van der Waals surface area contributed by atoms with Gasteiger partial charge in [0.25, 0.3) is 0 Å². The van der Waals surface area contributed by atoms with Crippen LogP contribution in [0.15, 0.2) is 33.9 Å². The zero-order chi connectivity index (χ0) is 15.5. The van der Waals surface area contributed by atoms with E-state index in [1.54, 1.807) is 29.6 Å². The van der Waals surface area contributed by atoms with Gasteiger partial charge in [0.15, 0.2) is 0 Å². The predicted octanol–water partition coefficient (Wildman–Crippen LogP) is 2.35. The molecule has 3 N–H and O–H groups in total. The Kier molecular flexibility index (Phi) is 5.23. The molecule has 114 valence electrons. The molecule has 2 rings (SSSR count). The number of thiophene rings is 1. The van der Waals surface area contributed by atoms with Gasteiger partial charge in [-0.3, -0.25) is 0 Å². The van der Waals surface area contributed by atoms with Gasteiger partial charge in [-0.15, -0.1) is 11.3 Å². The minimum absolute atomic E-state index is 0.0566. The van der Waals surface area contributed by atoms with Gasteiger partial charge in [0.1, 0.15) is 9.96 Å². The lowest BCUT2D eigenvalue weighted by Crippen LogP contribution is -2.22. The van der Waals surface area contributed by atoms with Gasteiger partial charge < -0.3 is 10.5 Å². The standard InChI is InChI=1S/C13H15ClN2O3S2/c1-19-12-4-2-3-11(14)10(12)7-16-21(17,18)13-5-9(6-15)8-20-13/h2-5,8,16H,6-7,15H2,1H3. The first-order valence-electron chi connectivity index (χ1n) is 6.06. The Hall–Kier alpha value is -1.12.